The molecule has 1 aromatic heterocycles. The fourth-order valence-corrected chi connectivity index (χ4v) is 4.65. The number of carbonyl (C=O) groups is 1. The fourth-order valence-electron chi connectivity index (χ4n) is 3.72. The van der Waals surface area contributed by atoms with Crippen LogP contribution < -0.4 is 9.46 Å². The smallest absolute Gasteiger partial charge is 0.493 e. The summed E-state index contributed by atoms with van der Waals surface area (Å²) in [5.74, 6) is 0.0826. The Hall–Kier alpha value is -2.08. The van der Waals surface area contributed by atoms with E-state index in [0.29, 0.717) is 24.8 Å². The Labute approximate surface area is 198 Å². The van der Waals surface area contributed by atoms with E-state index in [9.17, 15) is 26.4 Å². The van der Waals surface area contributed by atoms with Crippen LogP contribution in [0.3, 0.4) is 0 Å². The summed E-state index contributed by atoms with van der Waals surface area (Å²) in [5.41, 5.74) is -3.37. The lowest BCUT2D eigenvalue weighted by Crippen LogP contribution is -2.40. The maximum atomic E-state index is 12.4. The van der Waals surface area contributed by atoms with Gasteiger partial charge in [0.15, 0.2) is 0 Å². The molecule has 1 aromatic carbocycles. The topological polar surface area (TPSA) is 90.3 Å². The fraction of sp³-hybridized carbons (Fsp3) is 0.524. The van der Waals surface area contributed by atoms with Crippen molar-refractivity contribution < 1.29 is 31.1 Å². The number of hydrogen-bond acceptors (Lipinski definition) is 5. The van der Waals surface area contributed by atoms with Crippen molar-refractivity contribution in [1.29, 1.82) is 0 Å². The van der Waals surface area contributed by atoms with E-state index in [1.807, 2.05) is 25.1 Å². The molecule has 7 nitrogen and oxygen atoms in total. The van der Waals surface area contributed by atoms with Crippen LogP contribution >= 0.6 is 15.9 Å². The van der Waals surface area contributed by atoms with E-state index in [-0.39, 0.29) is 6.42 Å². The summed E-state index contributed by atoms with van der Waals surface area (Å²) in [6.45, 7) is 2.88. The Kier molecular flexibility index (Phi) is 8.09. The van der Waals surface area contributed by atoms with Gasteiger partial charge in [-0.1, -0.05) is 28.8 Å². The first-order valence-electron chi connectivity index (χ1n) is 10.5. The molecule has 0 aliphatic heterocycles. The van der Waals surface area contributed by atoms with Crippen molar-refractivity contribution in [2.75, 3.05) is 6.61 Å². The van der Waals surface area contributed by atoms with Crippen LogP contribution in [0.5, 0.6) is 5.75 Å². The molecular formula is C21H25BrF3N3O4S. The molecule has 0 atom stereocenters. The monoisotopic (exact) mass is 551 g/mol. The number of amides is 1. The first-order valence-corrected chi connectivity index (χ1v) is 12.8. The summed E-state index contributed by atoms with van der Waals surface area (Å²) in [6.07, 6.45) is 4.36. The number of ether oxygens (including phenoxy) is 1. The number of hydrogen-bond donors (Lipinski definition) is 1. The van der Waals surface area contributed by atoms with Gasteiger partial charge in [-0.2, -0.15) is 26.7 Å². The first-order chi connectivity index (χ1) is 15.4. The molecule has 0 saturated heterocycles. The highest BCUT2D eigenvalue weighted by Crippen LogP contribution is 2.29. The Morgan fingerprint density at radius 3 is 2.64 bits per heavy atom. The molecule has 33 heavy (non-hydrogen) atoms. The quantitative estimate of drug-likeness (QED) is 0.496. The summed E-state index contributed by atoms with van der Waals surface area (Å²) >= 11 is 3.47. The number of aromatic nitrogens is 2. The summed E-state index contributed by atoms with van der Waals surface area (Å²) in [6, 6.07) is 7.46. The lowest BCUT2D eigenvalue weighted by Gasteiger charge is -2.16. The third kappa shape index (κ3) is 6.95. The van der Waals surface area contributed by atoms with Gasteiger partial charge in [-0.15, -0.1) is 0 Å². The summed E-state index contributed by atoms with van der Waals surface area (Å²) in [4.78, 5) is 11.7. The number of halogens is 4. The van der Waals surface area contributed by atoms with Crippen LogP contribution in [0.4, 0.5) is 13.2 Å². The van der Waals surface area contributed by atoms with E-state index < -0.39 is 27.9 Å². The van der Waals surface area contributed by atoms with Crippen molar-refractivity contribution in [3.63, 3.8) is 0 Å². The molecule has 1 saturated carbocycles. The first kappa shape index (κ1) is 25.5. The van der Waals surface area contributed by atoms with E-state index in [1.54, 1.807) is 10.7 Å². The number of benzene rings is 1. The Morgan fingerprint density at radius 1 is 1.27 bits per heavy atom. The number of aryl methyl sites for hydroxylation is 2. The van der Waals surface area contributed by atoms with E-state index in [1.165, 1.54) is 25.7 Å². The van der Waals surface area contributed by atoms with Crippen LogP contribution in [0, 0.1) is 12.8 Å². The molecule has 1 aliphatic rings. The highest BCUT2D eigenvalue weighted by molar-refractivity contribution is 9.10. The predicted octanol–water partition coefficient (Wildman–Crippen LogP) is 4.47. The van der Waals surface area contributed by atoms with Crippen molar-refractivity contribution in [3.8, 4) is 5.75 Å². The Balaban J connectivity index is 1.63. The molecule has 1 aliphatic carbocycles. The van der Waals surface area contributed by atoms with Gasteiger partial charge < -0.3 is 4.74 Å². The highest BCUT2D eigenvalue weighted by Gasteiger charge is 2.46. The summed E-state index contributed by atoms with van der Waals surface area (Å²) < 4.78 is 69.0. The van der Waals surface area contributed by atoms with Crippen molar-refractivity contribution in [2.24, 2.45) is 5.92 Å². The second-order valence-electron chi connectivity index (χ2n) is 8.12. The van der Waals surface area contributed by atoms with Crippen LogP contribution in [0.2, 0.25) is 0 Å². The molecule has 0 bridgehead atoms. The molecule has 12 heteroatoms. The SMILES string of the molecule is Cc1cc(CCC(=O)NS(=O)(=O)C(F)(F)F)nn1Cc1cc(Br)ccc1OCC1CCCC1. The molecule has 2 aromatic rings. The average Bonchev–Trinajstić information content (AvgIpc) is 3.34. The molecule has 1 amide bonds. The third-order valence-corrected chi connectivity index (χ3v) is 7.08. The van der Waals surface area contributed by atoms with Gasteiger partial charge in [-0.25, -0.2) is 4.72 Å². The molecule has 1 fully saturated rings. The van der Waals surface area contributed by atoms with Crippen molar-refractivity contribution in [2.45, 2.75) is 57.5 Å². The lowest BCUT2D eigenvalue weighted by molar-refractivity contribution is -0.120. The molecule has 0 spiro atoms. The van der Waals surface area contributed by atoms with Gasteiger partial charge in [0.05, 0.1) is 18.8 Å². The number of nitrogens with zero attached hydrogens (tertiary/aromatic N) is 2. The molecular weight excluding hydrogens is 527 g/mol. The van der Waals surface area contributed by atoms with Crippen LogP contribution in [0.15, 0.2) is 28.7 Å². The van der Waals surface area contributed by atoms with Gasteiger partial charge in [0.1, 0.15) is 5.75 Å². The number of nitrogens with one attached hydrogen (secondary N) is 1. The zero-order valence-electron chi connectivity index (χ0n) is 18.0. The van der Waals surface area contributed by atoms with Crippen LogP contribution in [0.1, 0.15) is 49.1 Å². The van der Waals surface area contributed by atoms with Gasteiger partial charge in [-0.3, -0.25) is 9.48 Å². The average molecular weight is 552 g/mol. The summed E-state index contributed by atoms with van der Waals surface area (Å²) in [7, 11) is -5.71. The zero-order chi connectivity index (χ0) is 24.2. The Bertz CT molecular complexity index is 1100. The van der Waals surface area contributed by atoms with Gasteiger partial charge in [0, 0.05) is 28.6 Å². The van der Waals surface area contributed by atoms with Gasteiger partial charge >= 0.3 is 15.5 Å². The second kappa shape index (κ2) is 10.5. The standard InChI is InChI=1S/C21H25BrF3N3O4S/c1-14-10-18(7-9-20(29)27-33(30,31)21(23,24)25)26-28(14)12-16-11-17(22)6-8-19(16)32-13-15-4-2-3-5-15/h6,8,10-11,15H,2-5,7,9,12-13H2,1H3,(H,27,29). The molecule has 3 rings (SSSR count). The number of sulfonamides is 1. The largest absolute Gasteiger partial charge is 0.516 e. The second-order valence-corrected chi connectivity index (χ2v) is 10.7. The van der Waals surface area contributed by atoms with E-state index >= 15 is 0 Å². The highest BCUT2D eigenvalue weighted by atomic mass is 79.9. The molecule has 0 radical (unpaired) electrons. The van der Waals surface area contributed by atoms with Crippen LogP contribution in [-0.4, -0.2) is 36.2 Å². The van der Waals surface area contributed by atoms with E-state index in [2.05, 4.69) is 21.0 Å². The molecule has 1 N–H and O–H groups in total. The van der Waals surface area contributed by atoms with Crippen molar-refractivity contribution >= 4 is 31.9 Å². The summed E-state index contributed by atoms with van der Waals surface area (Å²) in [5, 5.41) is 4.42. The van der Waals surface area contributed by atoms with E-state index in [0.717, 1.165) is 26.2 Å². The Morgan fingerprint density at radius 2 is 1.97 bits per heavy atom. The van der Waals surface area contributed by atoms with Crippen LogP contribution in [0.25, 0.3) is 0 Å². The van der Waals surface area contributed by atoms with E-state index in [4.69, 9.17) is 4.74 Å². The number of alkyl halides is 3. The maximum absolute atomic E-state index is 12.4. The number of carbonyl (C=O) groups excluding carboxylic acids is 1. The number of rotatable bonds is 9. The molecule has 182 valence electrons. The van der Waals surface area contributed by atoms with Crippen molar-refractivity contribution in [3.05, 3.63) is 45.7 Å². The molecule has 0 unspecified atom stereocenters. The molecule has 1 heterocycles. The minimum absolute atomic E-state index is 0.00340. The predicted molar refractivity (Wildman–Crippen MR) is 119 cm³/mol. The maximum Gasteiger partial charge on any atom is 0.516 e. The normalized spacial score (nSPS) is 15.1. The zero-order valence-corrected chi connectivity index (χ0v) is 20.4. The van der Waals surface area contributed by atoms with Crippen molar-refractivity contribution in [1.82, 2.24) is 14.5 Å². The van der Waals surface area contributed by atoms with Crippen LogP contribution in [-0.2, 0) is 27.8 Å². The third-order valence-electron chi connectivity index (χ3n) is 5.48. The van der Waals surface area contributed by atoms with Gasteiger partial charge in [0.2, 0.25) is 5.91 Å². The van der Waals surface area contributed by atoms with Gasteiger partial charge in [0.25, 0.3) is 0 Å². The van der Waals surface area contributed by atoms with Gasteiger partial charge in [-0.05, 0) is 49.9 Å². The minimum Gasteiger partial charge on any atom is -0.493 e. The lowest BCUT2D eigenvalue weighted by atomic mass is 10.1. The minimum atomic E-state index is -5.71.